The van der Waals surface area contributed by atoms with E-state index in [0.717, 1.165) is 17.7 Å². The van der Waals surface area contributed by atoms with Gasteiger partial charge >= 0.3 is 6.03 Å². The molecule has 0 aliphatic carbocycles. The number of ether oxygens (including phenoxy) is 1. The number of piperazine rings is 1. The minimum atomic E-state index is -0.103. The minimum absolute atomic E-state index is 0.103. The van der Waals surface area contributed by atoms with Crippen LogP contribution in [0.15, 0.2) is 24.3 Å². The van der Waals surface area contributed by atoms with Crippen LogP contribution in [-0.4, -0.2) is 61.6 Å². The Balaban J connectivity index is 1.66. The molecule has 3 amide bonds. The Hall–Kier alpha value is -2.24. The lowest BCUT2D eigenvalue weighted by Gasteiger charge is -2.32. The van der Waals surface area contributed by atoms with Crippen LogP contribution in [0.3, 0.4) is 0 Å². The van der Waals surface area contributed by atoms with Crippen LogP contribution < -0.4 is 10.1 Å². The van der Waals surface area contributed by atoms with E-state index in [9.17, 15) is 9.59 Å². The van der Waals surface area contributed by atoms with Crippen molar-refractivity contribution in [1.82, 2.24) is 15.1 Å². The standard InChI is InChI=1S/C15H21N3O3/c1-13-4-2-3-5-14(13)21-11-6-16-15(20)18-9-7-17(12-19)8-10-18/h2-5,12H,6-11H2,1H3,(H,16,20). The van der Waals surface area contributed by atoms with Crippen LogP contribution in [0.4, 0.5) is 4.79 Å². The van der Waals surface area contributed by atoms with Crippen molar-refractivity contribution >= 4 is 12.4 Å². The first-order valence-electron chi connectivity index (χ1n) is 7.11. The summed E-state index contributed by atoms with van der Waals surface area (Å²) in [6.45, 7) is 5.21. The third-order valence-corrected chi connectivity index (χ3v) is 3.48. The quantitative estimate of drug-likeness (QED) is 0.646. The van der Waals surface area contributed by atoms with E-state index in [1.54, 1.807) is 9.80 Å². The fraction of sp³-hybridized carbons (Fsp3) is 0.467. The first kappa shape index (κ1) is 15.2. The average Bonchev–Trinajstić information content (AvgIpc) is 2.53. The van der Waals surface area contributed by atoms with Crippen LogP contribution in [0.25, 0.3) is 0 Å². The van der Waals surface area contributed by atoms with E-state index in [0.29, 0.717) is 39.3 Å². The molecule has 1 aliphatic rings. The van der Waals surface area contributed by atoms with Gasteiger partial charge in [-0.2, -0.15) is 0 Å². The molecule has 1 heterocycles. The number of carbonyl (C=O) groups is 2. The zero-order valence-electron chi connectivity index (χ0n) is 12.2. The fourth-order valence-corrected chi connectivity index (χ4v) is 2.18. The van der Waals surface area contributed by atoms with E-state index in [1.165, 1.54) is 0 Å². The number of amides is 3. The molecule has 0 atom stereocenters. The highest BCUT2D eigenvalue weighted by molar-refractivity contribution is 5.74. The summed E-state index contributed by atoms with van der Waals surface area (Å²) < 4.78 is 5.62. The smallest absolute Gasteiger partial charge is 0.317 e. The van der Waals surface area contributed by atoms with E-state index >= 15 is 0 Å². The molecule has 0 unspecified atom stereocenters. The van der Waals surface area contributed by atoms with E-state index in [-0.39, 0.29) is 6.03 Å². The van der Waals surface area contributed by atoms with Crippen molar-refractivity contribution in [3.63, 3.8) is 0 Å². The van der Waals surface area contributed by atoms with Crippen LogP contribution in [0.5, 0.6) is 5.75 Å². The first-order valence-corrected chi connectivity index (χ1v) is 7.11. The second-order valence-electron chi connectivity index (χ2n) is 4.97. The second-order valence-corrected chi connectivity index (χ2v) is 4.97. The third kappa shape index (κ3) is 4.37. The number of hydrogen-bond acceptors (Lipinski definition) is 3. The number of nitrogens with one attached hydrogen (secondary N) is 1. The van der Waals surface area contributed by atoms with Gasteiger partial charge in [0.25, 0.3) is 0 Å². The summed E-state index contributed by atoms with van der Waals surface area (Å²) in [5.41, 5.74) is 1.08. The minimum Gasteiger partial charge on any atom is -0.491 e. The van der Waals surface area contributed by atoms with Crippen molar-refractivity contribution in [3.05, 3.63) is 29.8 Å². The van der Waals surface area contributed by atoms with Gasteiger partial charge in [-0.3, -0.25) is 4.79 Å². The second kappa shape index (κ2) is 7.52. The molecule has 1 fully saturated rings. The van der Waals surface area contributed by atoms with Gasteiger partial charge in [-0.05, 0) is 18.6 Å². The van der Waals surface area contributed by atoms with Gasteiger partial charge in [-0.25, -0.2) is 4.79 Å². The topological polar surface area (TPSA) is 61.9 Å². The molecule has 114 valence electrons. The van der Waals surface area contributed by atoms with E-state index < -0.39 is 0 Å². The van der Waals surface area contributed by atoms with Crippen molar-refractivity contribution in [2.75, 3.05) is 39.3 Å². The predicted octanol–water partition coefficient (Wildman–Crippen LogP) is 0.857. The fourth-order valence-electron chi connectivity index (χ4n) is 2.18. The molecular formula is C15H21N3O3. The Kier molecular flexibility index (Phi) is 5.43. The zero-order chi connectivity index (χ0) is 15.1. The molecule has 1 aromatic rings. The summed E-state index contributed by atoms with van der Waals surface area (Å²) in [6.07, 6.45) is 0.825. The van der Waals surface area contributed by atoms with Crippen molar-refractivity contribution in [3.8, 4) is 5.75 Å². The zero-order valence-corrected chi connectivity index (χ0v) is 12.2. The molecule has 1 aliphatic heterocycles. The van der Waals surface area contributed by atoms with Gasteiger partial charge in [0.2, 0.25) is 6.41 Å². The van der Waals surface area contributed by atoms with Gasteiger partial charge in [0.1, 0.15) is 12.4 Å². The van der Waals surface area contributed by atoms with Gasteiger partial charge in [0.15, 0.2) is 0 Å². The number of carbonyl (C=O) groups excluding carboxylic acids is 2. The summed E-state index contributed by atoms with van der Waals surface area (Å²) in [4.78, 5) is 25.9. The number of urea groups is 1. The monoisotopic (exact) mass is 291 g/mol. The lowest BCUT2D eigenvalue weighted by Crippen LogP contribution is -2.51. The molecule has 0 aromatic heterocycles. The summed E-state index contributed by atoms with van der Waals surface area (Å²) in [5.74, 6) is 0.839. The Labute approximate surface area is 124 Å². The molecule has 0 bridgehead atoms. The summed E-state index contributed by atoms with van der Waals surface area (Å²) in [6, 6.07) is 7.68. The van der Waals surface area contributed by atoms with Crippen molar-refractivity contribution < 1.29 is 14.3 Å². The molecule has 0 spiro atoms. The predicted molar refractivity (Wildman–Crippen MR) is 79.3 cm³/mol. The lowest BCUT2D eigenvalue weighted by atomic mass is 10.2. The van der Waals surface area contributed by atoms with E-state index in [1.807, 2.05) is 31.2 Å². The number of nitrogens with zero attached hydrogens (tertiary/aromatic N) is 2. The Morgan fingerprint density at radius 1 is 1.29 bits per heavy atom. The van der Waals surface area contributed by atoms with Crippen LogP contribution in [0.1, 0.15) is 5.56 Å². The number of hydrogen-bond donors (Lipinski definition) is 1. The Bertz CT molecular complexity index is 485. The maximum absolute atomic E-state index is 11.9. The van der Waals surface area contributed by atoms with Crippen LogP contribution >= 0.6 is 0 Å². The highest BCUT2D eigenvalue weighted by atomic mass is 16.5. The highest BCUT2D eigenvalue weighted by Gasteiger charge is 2.19. The molecule has 1 N–H and O–H groups in total. The Morgan fingerprint density at radius 3 is 2.67 bits per heavy atom. The third-order valence-electron chi connectivity index (χ3n) is 3.48. The van der Waals surface area contributed by atoms with Crippen LogP contribution in [0.2, 0.25) is 0 Å². The molecule has 6 heteroatoms. The average molecular weight is 291 g/mol. The molecule has 0 radical (unpaired) electrons. The first-order chi connectivity index (χ1) is 10.2. The van der Waals surface area contributed by atoms with E-state index in [2.05, 4.69) is 5.32 Å². The van der Waals surface area contributed by atoms with Gasteiger partial charge in [0, 0.05) is 26.2 Å². The van der Waals surface area contributed by atoms with Crippen LogP contribution in [0, 0.1) is 6.92 Å². The van der Waals surface area contributed by atoms with Crippen molar-refractivity contribution in [1.29, 1.82) is 0 Å². The molecular weight excluding hydrogens is 270 g/mol. The molecule has 2 rings (SSSR count). The van der Waals surface area contributed by atoms with Crippen LogP contribution in [-0.2, 0) is 4.79 Å². The number of aryl methyl sites for hydroxylation is 1. The summed E-state index contributed by atoms with van der Waals surface area (Å²) in [5, 5.41) is 2.83. The van der Waals surface area contributed by atoms with Gasteiger partial charge in [-0.1, -0.05) is 18.2 Å². The Morgan fingerprint density at radius 2 is 2.00 bits per heavy atom. The molecule has 1 saturated heterocycles. The maximum Gasteiger partial charge on any atom is 0.317 e. The molecule has 1 aromatic carbocycles. The largest absolute Gasteiger partial charge is 0.491 e. The normalized spacial score (nSPS) is 14.7. The molecule has 21 heavy (non-hydrogen) atoms. The maximum atomic E-state index is 11.9. The van der Waals surface area contributed by atoms with Gasteiger partial charge in [-0.15, -0.1) is 0 Å². The number of rotatable bonds is 5. The van der Waals surface area contributed by atoms with Gasteiger partial charge in [0.05, 0.1) is 6.54 Å². The van der Waals surface area contributed by atoms with Crippen molar-refractivity contribution in [2.24, 2.45) is 0 Å². The SMILES string of the molecule is Cc1ccccc1OCCNC(=O)N1CCN(C=O)CC1. The van der Waals surface area contributed by atoms with Crippen molar-refractivity contribution in [2.45, 2.75) is 6.92 Å². The lowest BCUT2D eigenvalue weighted by molar-refractivity contribution is -0.119. The van der Waals surface area contributed by atoms with Gasteiger partial charge < -0.3 is 19.9 Å². The number of para-hydroxylation sites is 1. The van der Waals surface area contributed by atoms with E-state index in [4.69, 9.17) is 4.74 Å². The summed E-state index contributed by atoms with van der Waals surface area (Å²) >= 11 is 0. The number of benzene rings is 1. The molecule has 6 nitrogen and oxygen atoms in total. The molecule has 0 saturated carbocycles. The highest BCUT2D eigenvalue weighted by Crippen LogP contribution is 2.15. The summed E-state index contributed by atoms with van der Waals surface area (Å²) in [7, 11) is 0.